The summed E-state index contributed by atoms with van der Waals surface area (Å²) in [6.07, 6.45) is 2.39. The molecule has 0 saturated carbocycles. The summed E-state index contributed by atoms with van der Waals surface area (Å²) >= 11 is 0. The first kappa shape index (κ1) is 18.8. The zero-order valence-electron chi connectivity index (χ0n) is 16.4. The maximum atomic E-state index is 12.6. The molecule has 0 fully saturated rings. The molecule has 5 heteroatoms. The monoisotopic (exact) mass is 367 g/mol. The highest BCUT2D eigenvalue weighted by molar-refractivity contribution is 5.95. The molecule has 5 nitrogen and oxygen atoms in total. The Labute approximate surface area is 160 Å². The number of fused-ring (bicyclic) bond motifs is 1. The fourth-order valence-electron chi connectivity index (χ4n) is 3.54. The number of carbonyl (C=O) groups excluding carboxylic acids is 1. The van der Waals surface area contributed by atoms with Gasteiger partial charge >= 0.3 is 6.09 Å². The van der Waals surface area contributed by atoms with Gasteiger partial charge in [-0.25, -0.2) is 4.79 Å². The van der Waals surface area contributed by atoms with Crippen molar-refractivity contribution >= 4 is 17.4 Å². The number of carbonyl (C=O) groups is 1. The molecule has 0 radical (unpaired) electrons. The van der Waals surface area contributed by atoms with Crippen LogP contribution in [0.2, 0.25) is 0 Å². The van der Waals surface area contributed by atoms with E-state index >= 15 is 0 Å². The molecule has 1 unspecified atom stereocenters. The van der Waals surface area contributed by atoms with Crippen molar-refractivity contribution in [1.29, 1.82) is 0 Å². The standard InChI is InChI=1S/C22H25NO4/c1-14-6-8-19-18(10-14)15(2)11-17(23(19)22(24)27-5)12-16-7-9-20(25-3)21(13-16)26-4/h6-11,13,17H,12H2,1-5H3. The Balaban J connectivity index is 2.00. The van der Waals surface area contributed by atoms with Crippen molar-refractivity contribution in [2.75, 3.05) is 26.2 Å². The molecule has 2 aromatic carbocycles. The quantitative estimate of drug-likeness (QED) is 0.792. The number of rotatable bonds is 4. The summed E-state index contributed by atoms with van der Waals surface area (Å²) in [7, 11) is 4.64. The van der Waals surface area contributed by atoms with Gasteiger partial charge in [-0.15, -0.1) is 0 Å². The van der Waals surface area contributed by atoms with Gasteiger partial charge in [0.25, 0.3) is 0 Å². The van der Waals surface area contributed by atoms with Crippen molar-refractivity contribution in [2.45, 2.75) is 26.3 Å². The Hall–Kier alpha value is -2.95. The van der Waals surface area contributed by atoms with Crippen molar-refractivity contribution in [1.82, 2.24) is 0 Å². The average Bonchev–Trinajstić information content (AvgIpc) is 2.68. The summed E-state index contributed by atoms with van der Waals surface area (Å²) in [5.41, 5.74) is 5.29. The third kappa shape index (κ3) is 3.63. The van der Waals surface area contributed by atoms with Crippen LogP contribution in [-0.2, 0) is 11.2 Å². The summed E-state index contributed by atoms with van der Waals surface area (Å²) in [6, 6.07) is 11.8. The zero-order valence-corrected chi connectivity index (χ0v) is 16.4. The summed E-state index contributed by atoms with van der Waals surface area (Å²) < 4.78 is 15.8. The molecule has 1 atom stereocenters. The van der Waals surface area contributed by atoms with Crippen LogP contribution in [0.25, 0.3) is 5.57 Å². The zero-order chi connectivity index (χ0) is 19.6. The topological polar surface area (TPSA) is 48.0 Å². The van der Waals surface area contributed by atoms with Crippen LogP contribution in [0.3, 0.4) is 0 Å². The van der Waals surface area contributed by atoms with Crippen LogP contribution in [0.4, 0.5) is 10.5 Å². The Morgan fingerprint density at radius 1 is 1.00 bits per heavy atom. The van der Waals surface area contributed by atoms with E-state index in [9.17, 15) is 4.79 Å². The molecular weight excluding hydrogens is 342 g/mol. The summed E-state index contributed by atoms with van der Waals surface area (Å²) in [4.78, 5) is 14.3. The van der Waals surface area contributed by atoms with Crippen LogP contribution >= 0.6 is 0 Å². The van der Waals surface area contributed by atoms with E-state index in [2.05, 4.69) is 19.1 Å². The molecular formula is C22H25NO4. The van der Waals surface area contributed by atoms with Gasteiger partial charge in [0.2, 0.25) is 0 Å². The molecule has 142 valence electrons. The third-order valence-electron chi connectivity index (χ3n) is 4.87. The Bertz CT molecular complexity index is 888. The lowest BCUT2D eigenvalue weighted by Gasteiger charge is -2.35. The molecule has 0 aromatic heterocycles. The van der Waals surface area contributed by atoms with Gasteiger partial charge in [0.15, 0.2) is 11.5 Å². The van der Waals surface area contributed by atoms with Crippen molar-refractivity contribution in [2.24, 2.45) is 0 Å². The number of allylic oxidation sites excluding steroid dienone is 1. The van der Waals surface area contributed by atoms with Gasteiger partial charge in [-0.1, -0.05) is 23.8 Å². The maximum Gasteiger partial charge on any atom is 0.414 e. The first-order valence-electron chi connectivity index (χ1n) is 8.86. The highest BCUT2D eigenvalue weighted by Gasteiger charge is 2.31. The normalized spacial score (nSPS) is 15.7. The van der Waals surface area contributed by atoms with Gasteiger partial charge in [0.1, 0.15) is 0 Å². The van der Waals surface area contributed by atoms with Crippen molar-refractivity contribution < 1.29 is 19.0 Å². The first-order valence-corrected chi connectivity index (χ1v) is 8.86. The van der Waals surface area contributed by atoms with Gasteiger partial charge < -0.3 is 14.2 Å². The number of hydrogen-bond acceptors (Lipinski definition) is 4. The molecule has 3 rings (SSSR count). The molecule has 0 spiro atoms. The molecule has 1 heterocycles. The van der Waals surface area contributed by atoms with E-state index in [0.717, 1.165) is 28.0 Å². The number of anilines is 1. The number of benzene rings is 2. The van der Waals surface area contributed by atoms with Crippen molar-refractivity contribution in [3.63, 3.8) is 0 Å². The SMILES string of the molecule is COC(=O)N1c2ccc(C)cc2C(C)=CC1Cc1ccc(OC)c(OC)c1. The number of amides is 1. The molecule has 0 aliphatic carbocycles. The summed E-state index contributed by atoms with van der Waals surface area (Å²) in [5.74, 6) is 1.36. The number of methoxy groups -OCH3 is 3. The fourth-order valence-corrected chi connectivity index (χ4v) is 3.54. The largest absolute Gasteiger partial charge is 0.493 e. The van der Waals surface area contributed by atoms with Gasteiger partial charge in [0.05, 0.1) is 33.1 Å². The van der Waals surface area contributed by atoms with Crippen LogP contribution in [0.15, 0.2) is 42.5 Å². The third-order valence-corrected chi connectivity index (χ3v) is 4.87. The molecule has 1 amide bonds. The number of hydrogen-bond donors (Lipinski definition) is 0. The molecule has 0 bridgehead atoms. The van der Waals surface area contributed by atoms with Crippen LogP contribution in [0.5, 0.6) is 11.5 Å². The van der Waals surface area contributed by atoms with Crippen LogP contribution in [0, 0.1) is 6.92 Å². The predicted octanol–water partition coefficient (Wildman–Crippen LogP) is 4.61. The van der Waals surface area contributed by atoms with Crippen LogP contribution in [0.1, 0.15) is 23.6 Å². The minimum Gasteiger partial charge on any atom is -0.493 e. The van der Waals surface area contributed by atoms with E-state index in [-0.39, 0.29) is 12.1 Å². The second kappa shape index (κ2) is 7.74. The lowest BCUT2D eigenvalue weighted by Crippen LogP contribution is -2.43. The Kier molecular flexibility index (Phi) is 5.40. The second-order valence-electron chi connectivity index (χ2n) is 6.67. The Morgan fingerprint density at radius 2 is 1.74 bits per heavy atom. The minimum absolute atomic E-state index is 0.147. The van der Waals surface area contributed by atoms with E-state index in [1.165, 1.54) is 7.11 Å². The summed E-state index contributed by atoms with van der Waals surface area (Å²) in [6.45, 7) is 4.13. The molecule has 1 aliphatic rings. The fraction of sp³-hybridized carbons (Fsp3) is 0.318. The van der Waals surface area contributed by atoms with E-state index in [4.69, 9.17) is 14.2 Å². The number of ether oxygens (including phenoxy) is 3. The summed E-state index contributed by atoms with van der Waals surface area (Å²) in [5, 5.41) is 0. The van der Waals surface area contributed by atoms with Crippen molar-refractivity contribution in [3.8, 4) is 11.5 Å². The van der Waals surface area contributed by atoms with E-state index in [0.29, 0.717) is 17.9 Å². The van der Waals surface area contributed by atoms with Gasteiger partial charge in [-0.3, -0.25) is 4.90 Å². The number of aryl methyl sites for hydroxylation is 1. The van der Waals surface area contributed by atoms with E-state index < -0.39 is 0 Å². The second-order valence-corrected chi connectivity index (χ2v) is 6.67. The number of nitrogens with zero attached hydrogens (tertiary/aromatic N) is 1. The minimum atomic E-state index is -0.366. The van der Waals surface area contributed by atoms with Gasteiger partial charge in [0, 0.05) is 5.56 Å². The highest BCUT2D eigenvalue weighted by atomic mass is 16.5. The maximum absolute atomic E-state index is 12.6. The highest BCUT2D eigenvalue weighted by Crippen LogP contribution is 2.37. The van der Waals surface area contributed by atoms with Crippen molar-refractivity contribution in [3.05, 3.63) is 59.2 Å². The molecule has 0 N–H and O–H groups in total. The van der Waals surface area contributed by atoms with Crippen LogP contribution < -0.4 is 14.4 Å². The first-order chi connectivity index (χ1) is 13.0. The lowest BCUT2D eigenvalue weighted by molar-refractivity contribution is 0.177. The average molecular weight is 367 g/mol. The lowest BCUT2D eigenvalue weighted by atomic mass is 9.92. The van der Waals surface area contributed by atoms with Gasteiger partial charge in [-0.2, -0.15) is 0 Å². The molecule has 1 aliphatic heterocycles. The van der Waals surface area contributed by atoms with Crippen LogP contribution in [-0.4, -0.2) is 33.5 Å². The smallest absolute Gasteiger partial charge is 0.414 e. The van der Waals surface area contributed by atoms with E-state index in [1.54, 1.807) is 19.1 Å². The van der Waals surface area contributed by atoms with E-state index in [1.807, 2.05) is 37.3 Å². The molecule has 0 saturated heterocycles. The molecule has 27 heavy (non-hydrogen) atoms. The van der Waals surface area contributed by atoms with Gasteiger partial charge in [-0.05, 0) is 55.7 Å². The Morgan fingerprint density at radius 3 is 2.41 bits per heavy atom. The predicted molar refractivity (Wildman–Crippen MR) is 107 cm³/mol. The molecule has 2 aromatic rings.